The van der Waals surface area contributed by atoms with E-state index in [4.69, 9.17) is 4.74 Å². The zero-order chi connectivity index (χ0) is 20.8. The minimum Gasteiger partial charge on any atom is -0.497 e. The Bertz CT molecular complexity index is 893. The second-order valence-corrected chi connectivity index (χ2v) is 6.59. The molecule has 0 unspecified atom stereocenters. The summed E-state index contributed by atoms with van der Waals surface area (Å²) in [6.45, 7) is 2.07. The van der Waals surface area contributed by atoms with E-state index in [1.165, 1.54) is 18.2 Å². The molecule has 1 heterocycles. The number of ether oxygens (including phenoxy) is 1. The molecule has 0 atom stereocenters. The number of anilines is 1. The second kappa shape index (κ2) is 9.18. The van der Waals surface area contributed by atoms with Gasteiger partial charge in [-0.15, -0.1) is 0 Å². The molecule has 7 nitrogen and oxygen atoms in total. The third-order valence-electron chi connectivity index (χ3n) is 4.76. The van der Waals surface area contributed by atoms with E-state index in [9.17, 15) is 18.8 Å². The molecule has 0 saturated carbocycles. The van der Waals surface area contributed by atoms with Gasteiger partial charge in [-0.25, -0.2) is 4.39 Å². The highest BCUT2D eigenvalue weighted by Crippen LogP contribution is 2.20. The molecular formula is C21H22FN3O4. The molecular weight excluding hydrogens is 377 g/mol. The Labute approximate surface area is 168 Å². The van der Waals surface area contributed by atoms with Crippen molar-refractivity contribution in [2.24, 2.45) is 0 Å². The molecule has 2 aromatic carbocycles. The Balaban J connectivity index is 1.47. The van der Waals surface area contributed by atoms with Crippen molar-refractivity contribution >= 4 is 23.3 Å². The summed E-state index contributed by atoms with van der Waals surface area (Å²) < 4.78 is 18.3. The predicted molar refractivity (Wildman–Crippen MR) is 106 cm³/mol. The fraction of sp³-hybridized carbons (Fsp3) is 0.286. The van der Waals surface area contributed by atoms with Gasteiger partial charge in [-0.1, -0.05) is 12.1 Å². The van der Waals surface area contributed by atoms with Crippen LogP contribution in [0.3, 0.4) is 0 Å². The number of ketones is 1. The Morgan fingerprint density at radius 2 is 1.72 bits per heavy atom. The first-order chi connectivity index (χ1) is 14.0. The first-order valence-electron chi connectivity index (χ1n) is 9.23. The van der Waals surface area contributed by atoms with Crippen LogP contribution in [0.25, 0.3) is 0 Å². The van der Waals surface area contributed by atoms with Crippen LogP contribution in [0.2, 0.25) is 0 Å². The number of amides is 2. The zero-order valence-electron chi connectivity index (χ0n) is 16.1. The number of rotatable bonds is 6. The molecule has 0 spiro atoms. The summed E-state index contributed by atoms with van der Waals surface area (Å²) in [5, 5.41) is 2.32. The zero-order valence-corrected chi connectivity index (χ0v) is 16.1. The largest absolute Gasteiger partial charge is 0.497 e. The maximum absolute atomic E-state index is 13.2. The molecule has 3 rings (SSSR count). The van der Waals surface area contributed by atoms with E-state index >= 15 is 0 Å². The van der Waals surface area contributed by atoms with Crippen LogP contribution in [0.15, 0.2) is 48.5 Å². The Kier molecular flexibility index (Phi) is 6.43. The van der Waals surface area contributed by atoms with Gasteiger partial charge in [-0.3, -0.25) is 14.4 Å². The monoisotopic (exact) mass is 399 g/mol. The highest BCUT2D eigenvalue weighted by molar-refractivity contribution is 6.43. The number of Topliss-reactive ketones (excluding diaryl/α,β-unsaturated/α-hetero) is 1. The summed E-state index contributed by atoms with van der Waals surface area (Å²) in [4.78, 5) is 40.1. The van der Waals surface area contributed by atoms with Crippen molar-refractivity contribution in [2.45, 2.75) is 0 Å². The molecule has 0 aromatic heterocycles. The lowest BCUT2D eigenvalue weighted by Crippen LogP contribution is -2.51. The number of carbonyl (C=O) groups is 3. The fourth-order valence-corrected chi connectivity index (χ4v) is 3.12. The van der Waals surface area contributed by atoms with Crippen LogP contribution in [0.1, 0.15) is 10.4 Å². The normalized spacial score (nSPS) is 13.7. The molecule has 29 heavy (non-hydrogen) atoms. The quantitative estimate of drug-likeness (QED) is 0.588. The number of hydrogen-bond acceptors (Lipinski definition) is 5. The van der Waals surface area contributed by atoms with Crippen LogP contribution in [-0.2, 0) is 9.59 Å². The average Bonchev–Trinajstić information content (AvgIpc) is 2.77. The van der Waals surface area contributed by atoms with Gasteiger partial charge < -0.3 is 19.9 Å². The van der Waals surface area contributed by atoms with Crippen molar-refractivity contribution in [3.05, 3.63) is 59.9 Å². The van der Waals surface area contributed by atoms with Crippen molar-refractivity contribution in [1.29, 1.82) is 0 Å². The molecule has 0 bridgehead atoms. The molecule has 1 N–H and O–H groups in total. The van der Waals surface area contributed by atoms with Crippen molar-refractivity contribution < 1.29 is 23.5 Å². The molecule has 2 aromatic rings. The van der Waals surface area contributed by atoms with E-state index in [0.29, 0.717) is 26.2 Å². The summed E-state index contributed by atoms with van der Waals surface area (Å²) in [5.41, 5.74) is 0.995. The summed E-state index contributed by atoms with van der Waals surface area (Å²) >= 11 is 0. The highest BCUT2D eigenvalue weighted by Gasteiger charge is 2.23. The maximum Gasteiger partial charge on any atom is 0.292 e. The number of nitrogens with zero attached hydrogens (tertiary/aromatic N) is 2. The number of methoxy groups -OCH3 is 1. The van der Waals surface area contributed by atoms with Crippen LogP contribution in [-0.4, -0.2) is 62.3 Å². The number of carbonyl (C=O) groups excluding carboxylic acids is 3. The third-order valence-corrected chi connectivity index (χ3v) is 4.76. The molecule has 1 aliphatic heterocycles. The summed E-state index contributed by atoms with van der Waals surface area (Å²) in [7, 11) is 1.61. The molecule has 0 aliphatic carbocycles. The number of halogens is 1. The van der Waals surface area contributed by atoms with Gasteiger partial charge in [0.15, 0.2) is 0 Å². The van der Waals surface area contributed by atoms with Crippen LogP contribution in [0.5, 0.6) is 5.75 Å². The van der Waals surface area contributed by atoms with E-state index in [0.717, 1.165) is 17.5 Å². The van der Waals surface area contributed by atoms with Crippen molar-refractivity contribution in [2.75, 3.05) is 44.7 Å². The first kappa shape index (κ1) is 20.3. The van der Waals surface area contributed by atoms with Gasteiger partial charge in [0.2, 0.25) is 11.7 Å². The number of piperazine rings is 1. The minimum atomic E-state index is -0.930. The molecule has 1 saturated heterocycles. The average molecular weight is 399 g/mol. The van der Waals surface area contributed by atoms with Gasteiger partial charge in [0.1, 0.15) is 11.6 Å². The predicted octanol–water partition coefficient (Wildman–Crippen LogP) is 1.48. The van der Waals surface area contributed by atoms with Crippen molar-refractivity contribution in [3.63, 3.8) is 0 Å². The third kappa shape index (κ3) is 5.10. The molecule has 152 valence electrons. The molecule has 1 aliphatic rings. The number of benzene rings is 2. The molecule has 0 radical (unpaired) electrons. The van der Waals surface area contributed by atoms with E-state index in [-0.39, 0.29) is 18.0 Å². The van der Waals surface area contributed by atoms with E-state index in [1.807, 2.05) is 24.3 Å². The lowest BCUT2D eigenvalue weighted by atomic mass is 10.1. The molecule has 1 fully saturated rings. The maximum atomic E-state index is 13.2. The van der Waals surface area contributed by atoms with Crippen LogP contribution in [0.4, 0.5) is 10.1 Å². The van der Waals surface area contributed by atoms with Gasteiger partial charge in [-0.05, 0) is 36.4 Å². The molecule has 2 amide bonds. The summed E-state index contributed by atoms with van der Waals surface area (Å²) in [5.74, 6) is -1.89. The fourth-order valence-electron chi connectivity index (χ4n) is 3.12. The topological polar surface area (TPSA) is 79.0 Å². The standard InChI is InChI=1S/C21H22FN3O4/c1-29-18-7-5-17(6-8-18)24-9-11-25(12-10-24)19(26)14-23-21(28)20(27)15-3-2-4-16(22)13-15/h2-8,13H,9-12,14H2,1H3,(H,23,28). The molecule has 8 heteroatoms. The van der Waals surface area contributed by atoms with Crippen LogP contribution < -0.4 is 15.0 Å². The Morgan fingerprint density at radius 1 is 1.03 bits per heavy atom. The Morgan fingerprint density at radius 3 is 2.34 bits per heavy atom. The van der Waals surface area contributed by atoms with Crippen molar-refractivity contribution in [3.8, 4) is 5.75 Å². The van der Waals surface area contributed by atoms with E-state index in [2.05, 4.69) is 10.2 Å². The number of nitrogens with one attached hydrogen (secondary N) is 1. The van der Waals surface area contributed by atoms with Gasteiger partial charge in [0, 0.05) is 37.4 Å². The van der Waals surface area contributed by atoms with E-state index < -0.39 is 17.5 Å². The van der Waals surface area contributed by atoms with Gasteiger partial charge >= 0.3 is 0 Å². The Hall–Kier alpha value is -3.42. The first-order valence-corrected chi connectivity index (χ1v) is 9.23. The van der Waals surface area contributed by atoms with Crippen molar-refractivity contribution in [1.82, 2.24) is 10.2 Å². The van der Waals surface area contributed by atoms with Gasteiger partial charge in [0.25, 0.3) is 5.91 Å². The van der Waals surface area contributed by atoms with Crippen LogP contribution in [0, 0.1) is 5.82 Å². The van der Waals surface area contributed by atoms with Crippen LogP contribution >= 0.6 is 0 Å². The second-order valence-electron chi connectivity index (χ2n) is 6.59. The number of hydrogen-bond donors (Lipinski definition) is 1. The lowest BCUT2D eigenvalue weighted by Gasteiger charge is -2.36. The van der Waals surface area contributed by atoms with E-state index in [1.54, 1.807) is 12.0 Å². The van der Waals surface area contributed by atoms with Gasteiger partial charge in [-0.2, -0.15) is 0 Å². The minimum absolute atomic E-state index is 0.0527. The lowest BCUT2D eigenvalue weighted by molar-refractivity contribution is -0.132. The summed E-state index contributed by atoms with van der Waals surface area (Å²) in [6, 6.07) is 12.6. The van der Waals surface area contributed by atoms with Gasteiger partial charge in [0.05, 0.1) is 13.7 Å². The SMILES string of the molecule is COc1ccc(N2CCN(C(=O)CNC(=O)C(=O)c3cccc(F)c3)CC2)cc1. The smallest absolute Gasteiger partial charge is 0.292 e. The summed E-state index contributed by atoms with van der Waals surface area (Å²) in [6.07, 6.45) is 0. The highest BCUT2D eigenvalue weighted by atomic mass is 19.1.